The van der Waals surface area contributed by atoms with Crippen LogP contribution in [0, 0.1) is 12.8 Å². The molecular weight excluding hydrogens is 264 g/mol. The van der Waals surface area contributed by atoms with Gasteiger partial charge in [-0.05, 0) is 66.9 Å². The van der Waals surface area contributed by atoms with E-state index in [-0.39, 0.29) is 0 Å². The van der Waals surface area contributed by atoms with Crippen molar-refractivity contribution in [3.63, 3.8) is 0 Å². The molecule has 6 nitrogen and oxygen atoms in total. The van der Waals surface area contributed by atoms with Gasteiger partial charge < -0.3 is 10.2 Å². The van der Waals surface area contributed by atoms with Crippen LogP contribution in [0.15, 0.2) is 24.5 Å². The summed E-state index contributed by atoms with van der Waals surface area (Å²) in [6, 6.07) is 6.99. The molecule has 2 bridgehead atoms. The fourth-order valence-corrected chi connectivity index (χ4v) is 3.56. The molecule has 4 heterocycles. The maximum atomic E-state index is 3.99. The zero-order valence-electron chi connectivity index (χ0n) is 12.2. The van der Waals surface area contributed by atoms with Crippen LogP contribution >= 0.6 is 0 Å². The second-order valence-corrected chi connectivity index (χ2v) is 6.14. The Morgan fingerprint density at radius 1 is 1.24 bits per heavy atom. The SMILES string of the molecule is Cc1ccc(NC2CN3CCC2CC3)cc1-n1cnnn1. The molecule has 3 fully saturated rings. The average molecular weight is 284 g/mol. The quantitative estimate of drug-likeness (QED) is 0.925. The van der Waals surface area contributed by atoms with Gasteiger partial charge >= 0.3 is 0 Å². The first-order valence-corrected chi connectivity index (χ1v) is 7.62. The van der Waals surface area contributed by atoms with Gasteiger partial charge in [-0.2, -0.15) is 0 Å². The minimum atomic E-state index is 0.567. The molecule has 21 heavy (non-hydrogen) atoms. The Morgan fingerprint density at radius 3 is 2.76 bits per heavy atom. The molecule has 5 rings (SSSR count). The second-order valence-electron chi connectivity index (χ2n) is 6.14. The zero-order chi connectivity index (χ0) is 14.2. The lowest BCUT2D eigenvalue weighted by Gasteiger charge is -2.45. The minimum Gasteiger partial charge on any atom is -0.381 e. The number of aromatic nitrogens is 4. The van der Waals surface area contributed by atoms with Gasteiger partial charge in [-0.25, -0.2) is 4.68 Å². The second kappa shape index (κ2) is 5.11. The Morgan fingerprint density at radius 2 is 2.10 bits per heavy atom. The maximum Gasteiger partial charge on any atom is 0.143 e. The number of hydrogen-bond donors (Lipinski definition) is 1. The first-order chi connectivity index (χ1) is 10.3. The lowest BCUT2D eigenvalue weighted by molar-refractivity contribution is 0.0975. The highest BCUT2D eigenvalue weighted by Gasteiger charge is 2.33. The number of benzene rings is 1. The first-order valence-electron chi connectivity index (χ1n) is 7.62. The summed E-state index contributed by atoms with van der Waals surface area (Å²) in [6.45, 7) is 5.78. The third-order valence-corrected chi connectivity index (χ3v) is 4.81. The van der Waals surface area contributed by atoms with Crippen molar-refractivity contribution in [3.05, 3.63) is 30.1 Å². The summed E-state index contributed by atoms with van der Waals surface area (Å²) in [5.74, 6) is 0.813. The van der Waals surface area contributed by atoms with Crippen molar-refractivity contribution in [1.82, 2.24) is 25.1 Å². The van der Waals surface area contributed by atoms with Crippen LogP contribution < -0.4 is 5.32 Å². The van der Waals surface area contributed by atoms with Gasteiger partial charge in [-0.1, -0.05) is 6.07 Å². The van der Waals surface area contributed by atoms with Crippen molar-refractivity contribution in [2.24, 2.45) is 5.92 Å². The third kappa shape index (κ3) is 2.40. The largest absolute Gasteiger partial charge is 0.381 e. The Hall–Kier alpha value is -1.95. The molecule has 3 saturated heterocycles. The molecule has 1 atom stereocenters. The van der Waals surface area contributed by atoms with Gasteiger partial charge in [-0.15, -0.1) is 5.10 Å². The molecule has 1 aromatic heterocycles. The van der Waals surface area contributed by atoms with Crippen LogP contribution in [0.5, 0.6) is 0 Å². The van der Waals surface area contributed by atoms with E-state index in [0.717, 1.165) is 17.3 Å². The summed E-state index contributed by atoms with van der Waals surface area (Å²) in [5.41, 5.74) is 3.36. The highest BCUT2D eigenvalue weighted by Crippen LogP contribution is 2.30. The van der Waals surface area contributed by atoms with Gasteiger partial charge in [0.25, 0.3) is 0 Å². The lowest BCUT2D eigenvalue weighted by atomic mass is 9.84. The van der Waals surface area contributed by atoms with Gasteiger partial charge in [0.05, 0.1) is 5.69 Å². The molecule has 6 heteroatoms. The van der Waals surface area contributed by atoms with E-state index in [4.69, 9.17) is 0 Å². The number of rotatable bonds is 3. The Balaban J connectivity index is 1.57. The smallest absolute Gasteiger partial charge is 0.143 e. The highest BCUT2D eigenvalue weighted by molar-refractivity contribution is 5.55. The number of tetrazole rings is 1. The number of nitrogens with zero attached hydrogens (tertiary/aromatic N) is 5. The van der Waals surface area contributed by atoms with Crippen LogP contribution in [-0.2, 0) is 0 Å². The van der Waals surface area contributed by atoms with E-state index in [9.17, 15) is 0 Å². The van der Waals surface area contributed by atoms with E-state index in [1.807, 2.05) is 0 Å². The van der Waals surface area contributed by atoms with Crippen LogP contribution in [0.4, 0.5) is 5.69 Å². The van der Waals surface area contributed by atoms with Gasteiger partial charge in [0.2, 0.25) is 0 Å². The molecule has 3 aliphatic heterocycles. The van der Waals surface area contributed by atoms with E-state index < -0.39 is 0 Å². The van der Waals surface area contributed by atoms with Crippen LogP contribution in [0.2, 0.25) is 0 Å². The van der Waals surface area contributed by atoms with Gasteiger partial charge in [0.1, 0.15) is 6.33 Å². The van der Waals surface area contributed by atoms with E-state index in [0.29, 0.717) is 6.04 Å². The molecular formula is C15H20N6. The molecule has 0 amide bonds. The van der Waals surface area contributed by atoms with Crippen LogP contribution in [0.3, 0.4) is 0 Å². The fraction of sp³-hybridized carbons (Fsp3) is 0.533. The summed E-state index contributed by atoms with van der Waals surface area (Å²) in [5, 5.41) is 15.2. The Labute approximate surface area is 124 Å². The standard InChI is InChI=1S/C15H20N6/c1-11-2-3-13(8-15(11)21-10-16-18-19-21)17-14-9-20-6-4-12(14)5-7-20/h2-3,8,10,12,14,17H,4-7,9H2,1H3. The number of nitrogens with one attached hydrogen (secondary N) is 1. The zero-order valence-corrected chi connectivity index (χ0v) is 12.2. The molecule has 0 aliphatic carbocycles. The summed E-state index contributed by atoms with van der Waals surface area (Å²) in [7, 11) is 0. The van der Waals surface area contributed by atoms with E-state index in [1.165, 1.54) is 38.0 Å². The Kier molecular flexibility index (Phi) is 3.11. The normalized spacial score (nSPS) is 27.8. The van der Waals surface area contributed by atoms with Gasteiger partial charge in [-0.3, -0.25) is 0 Å². The molecule has 0 radical (unpaired) electrons. The first kappa shape index (κ1) is 12.8. The van der Waals surface area contributed by atoms with Crippen molar-refractivity contribution in [2.75, 3.05) is 25.0 Å². The summed E-state index contributed by atoms with van der Waals surface area (Å²) >= 11 is 0. The molecule has 0 spiro atoms. The van der Waals surface area contributed by atoms with Crippen LogP contribution in [-0.4, -0.2) is 50.8 Å². The monoisotopic (exact) mass is 284 g/mol. The summed E-state index contributed by atoms with van der Waals surface area (Å²) in [6.07, 6.45) is 4.28. The summed E-state index contributed by atoms with van der Waals surface area (Å²) < 4.78 is 1.72. The third-order valence-electron chi connectivity index (χ3n) is 4.81. The fourth-order valence-electron chi connectivity index (χ4n) is 3.56. The lowest BCUT2D eigenvalue weighted by Crippen LogP contribution is -2.53. The minimum absolute atomic E-state index is 0.567. The van der Waals surface area contributed by atoms with Crippen molar-refractivity contribution in [2.45, 2.75) is 25.8 Å². The molecule has 2 aromatic rings. The predicted molar refractivity (Wildman–Crippen MR) is 80.5 cm³/mol. The summed E-state index contributed by atoms with van der Waals surface area (Å²) in [4.78, 5) is 2.56. The molecule has 1 unspecified atom stereocenters. The van der Waals surface area contributed by atoms with Crippen molar-refractivity contribution >= 4 is 5.69 Å². The highest BCUT2D eigenvalue weighted by atomic mass is 15.5. The molecule has 1 aromatic carbocycles. The topological polar surface area (TPSA) is 58.9 Å². The molecule has 3 aliphatic rings. The maximum absolute atomic E-state index is 3.99. The number of piperidine rings is 3. The molecule has 1 N–H and O–H groups in total. The average Bonchev–Trinajstić information content (AvgIpc) is 3.05. The van der Waals surface area contributed by atoms with Crippen molar-refractivity contribution in [3.8, 4) is 5.69 Å². The van der Waals surface area contributed by atoms with Crippen molar-refractivity contribution < 1.29 is 0 Å². The number of fused-ring (bicyclic) bond motifs is 3. The van der Waals surface area contributed by atoms with E-state index in [1.54, 1.807) is 11.0 Å². The van der Waals surface area contributed by atoms with E-state index in [2.05, 4.69) is 50.9 Å². The van der Waals surface area contributed by atoms with Gasteiger partial charge in [0, 0.05) is 18.3 Å². The van der Waals surface area contributed by atoms with Gasteiger partial charge in [0.15, 0.2) is 0 Å². The van der Waals surface area contributed by atoms with Crippen molar-refractivity contribution in [1.29, 1.82) is 0 Å². The number of hydrogen-bond acceptors (Lipinski definition) is 5. The van der Waals surface area contributed by atoms with Crippen LogP contribution in [0.25, 0.3) is 5.69 Å². The molecule has 110 valence electrons. The Bertz CT molecular complexity index is 615. The van der Waals surface area contributed by atoms with E-state index >= 15 is 0 Å². The number of aryl methyl sites for hydroxylation is 1. The predicted octanol–water partition coefficient (Wildman–Crippen LogP) is 1.48. The number of anilines is 1. The van der Waals surface area contributed by atoms with Crippen LogP contribution in [0.1, 0.15) is 18.4 Å². The molecule has 0 saturated carbocycles.